The Kier molecular flexibility index (Phi) is 2.64. The summed E-state index contributed by atoms with van der Waals surface area (Å²) in [5, 5.41) is 2.48. The molecule has 0 bridgehead atoms. The van der Waals surface area contributed by atoms with E-state index in [0.29, 0.717) is 0 Å². The van der Waals surface area contributed by atoms with Crippen LogP contribution < -0.4 is 4.74 Å². The first-order chi connectivity index (χ1) is 11.1. The minimum atomic E-state index is -0.939. The summed E-state index contributed by atoms with van der Waals surface area (Å²) in [5.74, 6) is 0.900. The van der Waals surface area contributed by atoms with Gasteiger partial charge in [0.05, 0.1) is 0 Å². The van der Waals surface area contributed by atoms with Crippen LogP contribution in [-0.2, 0) is 6.42 Å². The minimum Gasteiger partial charge on any atom is -0.482 e. The van der Waals surface area contributed by atoms with Crippen molar-refractivity contribution in [1.29, 1.82) is 0 Å². The molecule has 0 saturated heterocycles. The standard InChI is InChI=1S/C20H12BBrO/c21-20(22)10-9-16-14-7-3-4-8-15(14)18-13-6-2-1-5-12(13)11-17(18)19(16)23-20/h1-10H,11H2. The first kappa shape index (κ1) is 13.4. The molecule has 0 N–H and O–H groups in total. The van der Waals surface area contributed by atoms with E-state index in [4.69, 9.17) is 12.6 Å². The van der Waals surface area contributed by atoms with Crippen LogP contribution in [0.25, 0.3) is 28.0 Å². The lowest BCUT2D eigenvalue weighted by atomic mass is 9.89. The number of fused-ring (bicyclic) bond motifs is 8. The lowest BCUT2D eigenvalue weighted by Gasteiger charge is -2.29. The van der Waals surface area contributed by atoms with Crippen molar-refractivity contribution in [2.24, 2.45) is 0 Å². The van der Waals surface area contributed by atoms with Gasteiger partial charge in [0.25, 0.3) is 0 Å². The first-order valence-corrected chi connectivity index (χ1v) is 8.45. The molecule has 2 aliphatic rings. The molecule has 5 rings (SSSR count). The second-order valence-electron chi connectivity index (χ2n) is 6.11. The number of benzene rings is 3. The van der Waals surface area contributed by atoms with Crippen molar-refractivity contribution in [2.75, 3.05) is 0 Å². The Balaban J connectivity index is 1.95. The van der Waals surface area contributed by atoms with E-state index in [-0.39, 0.29) is 0 Å². The van der Waals surface area contributed by atoms with E-state index < -0.39 is 4.41 Å². The summed E-state index contributed by atoms with van der Waals surface area (Å²) in [4.78, 5) is 0. The van der Waals surface area contributed by atoms with Crippen molar-refractivity contribution in [1.82, 2.24) is 0 Å². The molecule has 0 saturated carbocycles. The number of hydrogen-bond donors (Lipinski definition) is 0. The lowest BCUT2D eigenvalue weighted by Crippen LogP contribution is -2.29. The van der Waals surface area contributed by atoms with Crippen LogP contribution in [0.3, 0.4) is 0 Å². The highest BCUT2D eigenvalue weighted by molar-refractivity contribution is 9.10. The lowest BCUT2D eigenvalue weighted by molar-refractivity contribution is 0.296. The van der Waals surface area contributed by atoms with Gasteiger partial charge in [-0.3, -0.25) is 0 Å². The van der Waals surface area contributed by atoms with Gasteiger partial charge in [0, 0.05) is 17.5 Å². The summed E-state index contributed by atoms with van der Waals surface area (Å²) in [6.07, 6.45) is 4.81. The predicted molar refractivity (Wildman–Crippen MR) is 99.3 cm³/mol. The molecule has 0 amide bonds. The Hall–Kier alpha value is -2.00. The van der Waals surface area contributed by atoms with Crippen LogP contribution in [0.1, 0.15) is 16.7 Å². The number of hydrogen-bond acceptors (Lipinski definition) is 1. The van der Waals surface area contributed by atoms with E-state index in [1.165, 1.54) is 33.0 Å². The molecule has 1 nitrogen and oxygen atoms in total. The van der Waals surface area contributed by atoms with Gasteiger partial charge in [0.2, 0.25) is 0 Å². The fraction of sp³-hybridized carbons (Fsp3) is 0.100. The fourth-order valence-electron chi connectivity index (χ4n) is 3.75. The van der Waals surface area contributed by atoms with Crippen molar-refractivity contribution in [3.63, 3.8) is 0 Å². The average molecular weight is 359 g/mol. The van der Waals surface area contributed by atoms with E-state index in [1.54, 1.807) is 0 Å². The van der Waals surface area contributed by atoms with E-state index >= 15 is 0 Å². The maximum Gasteiger partial charge on any atom is 0.154 e. The highest BCUT2D eigenvalue weighted by atomic mass is 79.9. The molecule has 1 atom stereocenters. The van der Waals surface area contributed by atoms with Gasteiger partial charge in [-0.15, -0.1) is 0 Å². The Bertz CT molecular complexity index is 1000. The molecule has 1 heterocycles. The van der Waals surface area contributed by atoms with Crippen LogP contribution in [0.4, 0.5) is 0 Å². The third-order valence-electron chi connectivity index (χ3n) is 4.70. The molecule has 0 spiro atoms. The molecule has 23 heavy (non-hydrogen) atoms. The van der Waals surface area contributed by atoms with Gasteiger partial charge in [-0.05, 0) is 49.5 Å². The summed E-state index contributed by atoms with van der Waals surface area (Å²) in [6.45, 7) is 0. The van der Waals surface area contributed by atoms with Crippen LogP contribution in [0.5, 0.6) is 5.75 Å². The molecule has 3 aromatic rings. The average Bonchev–Trinajstić information content (AvgIpc) is 2.94. The Morgan fingerprint density at radius 3 is 2.61 bits per heavy atom. The van der Waals surface area contributed by atoms with E-state index in [0.717, 1.165) is 17.7 Å². The summed E-state index contributed by atoms with van der Waals surface area (Å²) in [5.41, 5.74) is 6.29. The molecule has 0 fully saturated rings. The van der Waals surface area contributed by atoms with E-state index in [1.807, 2.05) is 6.08 Å². The van der Waals surface area contributed by atoms with Gasteiger partial charge in [0.1, 0.15) is 10.2 Å². The monoisotopic (exact) mass is 358 g/mol. The molecule has 1 aliphatic carbocycles. The number of rotatable bonds is 0. The molecule has 2 radical (unpaired) electrons. The molecule has 3 heteroatoms. The van der Waals surface area contributed by atoms with E-state index in [2.05, 4.69) is 70.5 Å². The van der Waals surface area contributed by atoms with Gasteiger partial charge < -0.3 is 4.74 Å². The number of halogens is 1. The Morgan fingerprint density at radius 2 is 1.74 bits per heavy atom. The predicted octanol–water partition coefficient (Wildman–Crippen LogP) is 5.03. The van der Waals surface area contributed by atoms with Crippen LogP contribution in [0.2, 0.25) is 0 Å². The topological polar surface area (TPSA) is 9.23 Å². The molecular formula is C20H12BBrO. The van der Waals surface area contributed by atoms with Crippen LogP contribution >= 0.6 is 15.9 Å². The smallest absolute Gasteiger partial charge is 0.154 e. The summed E-state index contributed by atoms with van der Waals surface area (Å²) >= 11 is 3.44. The van der Waals surface area contributed by atoms with Crippen LogP contribution in [0.15, 0.2) is 54.6 Å². The molecular weight excluding hydrogens is 347 g/mol. The molecule has 0 aromatic heterocycles. The summed E-state index contributed by atoms with van der Waals surface area (Å²) < 4.78 is 5.17. The summed E-state index contributed by atoms with van der Waals surface area (Å²) in [6, 6.07) is 17.1. The van der Waals surface area contributed by atoms with Crippen LogP contribution in [0, 0.1) is 0 Å². The normalized spacial score (nSPS) is 20.7. The zero-order chi connectivity index (χ0) is 15.6. The van der Waals surface area contributed by atoms with Gasteiger partial charge in [-0.25, -0.2) is 0 Å². The number of alkyl halides is 1. The van der Waals surface area contributed by atoms with Gasteiger partial charge in [-0.1, -0.05) is 54.6 Å². The quantitative estimate of drug-likeness (QED) is 0.316. The maximum absolute atomic E-state index is 6.14. The minimum absolute atomic E-state index is 0.885. The second kappa shape index (κ2) is 4.51. The van der Waals surface area contributed by atoms with Gasteiger partial charge in [0.15, 0.2) is 7.85 Å². The Labute approximate surface area is 144 Å². The first-order valence-electron chi connectivity index (χ1n) is 7.66. The van der Waals surface area contributed by atoms with Crippen molar-refractivity contribution >= 4 is 40.6 Å². The molecule has 3 aromatic carbocycles. The van der Waals surface area contributed by atoms with Crippen LogP contribution in [-0.4, -0.2) is 12.3 Å². The molecule has 1 aliphatic heterocycles. The van der Waals surface area contributed by atoms with Gasteiger partial charge in [-0.2, -0.15) is 0 Å². The van der Waals surface area contributed by atoms with Crippen molar-refractivity contribution in [2.45, 2.75) is 10.8 Å². The third kappa shape index (κ3) is 1.86. The summed E-state index contributed by atoms with van der Waals surface area (Å²) in [7, 11) is 6.14. The van der Waals surface area contributed by atoms with Crippen molar-refractivity contribution in [3.8, 4) is 16.9 Å². The third-order valence-corrected chi connectivity index (χ3v) is 5.12. The fourth-order valence-corrected chi connectivity index (χ4v) is 4.05. The number of ether oxygens (including phenoxy) is 1. The zero-order valence-corrected chi connectivity index (χ0v) is 13.9. The van der Waals surface area contributed by atoms with Gasteiger partial charge >= 0.3 is 0 Å². The second-order valence-corrected chi connectivity index (χ2v) is 7.35. The van der Waals surface area contributed by atoms with Crippen molar-refractivity contribution < 1.29 is 4.74 Å². The zero-order valence-electron chi connectivity index (χ0n) is 12.3. The van der Waals surface area contributed by atoms with E-state index in [9.17, 15) is 0 Å². The van der Waals surface area contributed by atoms with Crippen molar-refractivity contribution in [3.05, 3.63) is 71.3 Å². The Morgan fingerprint density at radius 1 is 1.00 bits per heavy atom. The maximum atomic E-state index is 6.14. The SMILES string of the molecule is [B]C1(Br)C=Cc2c(c3c(c4ccccc24)-c2ccccc2C3)O1. The highest BCUT2D eigenvalue weighted by Gasteiger charge is 2.32. The largest absolute Gasteiger partial charge is 0.482 e. The molecule has 108 valence electrons. The highest BCUT2D eigenvalue weighted by Crippen LogP contribution is 2.50. The molecule has 1 unspecified atom stereocenters.